The largest absolute Gasteiger partial charge is 0.497 e. The van der Waals surface area contributed by atoms with Crippen molar-refractivity contribution in [2.24, 2.45) is 0 Å². The number of methoxy groups -OCH3 is 2. The molecule has 15 aromatic rings. The van der Waals surface area contributed by atoms with Crippen LogP contribution in [-0.2, 0) is 10.8 Å². The van der Waals surface area contributed by atoms with Crippen LogP contribution in [0.3, 0.4) is 0 Å². The van der Waals surface area contributed by atoms with E-state index in [4.69, 9.17) is 33.7 Å². The molecule has 0 fully saturated rings. The quantitative estimate of drug-likeness (QED) is 0.137. The second-order valence-corrected chi connectivity index (χ2v) is 27.6. The number of rotatable bonds is 7. The zero-order chi connectivity index (χ0) is 70.3. The van der Waals surface area contributed by atoms with Gasteiger partial charge in [-0.05, 0) is 168 Å². The maximum Gasteiger partial charge on any atom is 0.163 e. The van der Waals surface area contributed by atoms with Crippen molar-refractivity contribution >= 4 is 129 Å². The molecule has 6 aromatic carbocycles. The van der Waals surface area contributed by atoms with Crippen molar-refractivity contribution in [3.05, 3.63) is 230 Å². The van der Waals surface area contributed by atoms with Gasteiger partial charge >= 0.3 is 0 Å². The molecular weight excluding hydrogens is 1290 g/mol. The second kappa shape index (κ2) is 26.1. The molecule has 12 heterocycles. The Morgan fingerprint density at radius 3 is 0.806 bits per heavy atom. The van der Waals surface area contributed by atoms with Crippen LogP contribution in [0.4, 0.5) is 62.6 Å². The van der Waals surface area contributed by atoms with Gasteiger partial charge in [-0.1, -0.05) is 61.1 Å². The first-order valence-corrected chi connectivity index (χ1v) is 33.6. The summed E-state index contributed by atoms with van der Waals surface area (Å²) in [4.78, 5) is 52.3. The Labute approximate surface area is 597 Å². The molecule has 3 aliphatic heterocycles. The summed E-state index contributed by atoms with van der Waals surface area (Å²) in [7, 11) is 11.4. The lowest BCUT2D eigenvalue weighted by atomic mass is 9.86. The maximum atomic E-state index is 6.64. The molecule has 103 heavy (non-hydrogen) atoms. The highest BCUT2D eigenvalue weighted by Crippen LogP contribution is 2.58. The highest BCUT2D eigenvalue weighted by molar-refractivity contribution is 6.14. The molecule has 0 atom stereocenters. The fraction of sp³-hybridized carbons (Fsp3) is 0.179. The lowest BCUT2D eigenvalue weighted by Gasteiger charge is -2.35. The molecule has 18 rings (SSSR count). The Morgan fingerprint density at radius 2 is 0.553 bits per heavy atom. The topological polar surface area (TPSA) is 178 Å². The minimum Gasteiger partial charge on any atom is -0.497 e. The van der Waals surface area contributed by atoms with Crippen LogP contribution in [0.15, 0.2) is 219 Å². The van der Waals surface area contributed by atoms with Gasteiger partial charge in [0, 0.05) is 133 Å². The molecule has 0 saturated heterocycles. The zero-order valence-corrected chi connectivity index (χ0v) is 58.6. The average molecular weight is 1360 g/mol. The summed E-state index contributed by atoms with van der Waals surface area (Å²) in [6, 6.07) is 61.3. The predicted octanol–water partition coefficient (Wildman–Crippen LogP) is 20.6. The van der Waals surface area contributed by atoms with E-state index >= 15 is 0 Å². The molecular formula is C84H76N14O5. The van der Waals surface area contributed by atoms with E-state index in [1.54, 1.807) is 51.4 Å². The fourth-order valence-corrected chi connectivity index (χ4v) is 13.3. The van der Waals surface area contributed by atoms with E-state index in [0.29, 0.717) is 56.9 Å². The zero-order valence-electron chi connectivity index (χ0n) is 58.6. The summed E-state index contributed by atoms with van der Waals surface area (Å²) in [5.41, 5.74) is 17.1. The molecule has 0 aliphatic carbocycles. The number of fused-ring (bicyclic) bond motifs is 12. The average Bonchev–Trinajstić information content (AvgIpc) is 0.738. The first kappa shape index (κ1) is 66.1. The van der Waals surface area contributed by atoms with Crippen molar-refractivity contribution in [3.8, 4) is 46.0 Å². The number of benzene rings is 6. The Kier molecular flexibility index (Phi) is 16.7. The van der Waals surface area contributed by atoms with Gasteiger partial charge in [0.2, 0.25) is 0 Å². The van der Waals surface area contributed by atoms with E-state index in [1.165, 1.54) is 11.1 Å². The van der Waals surface area contributed by atoms with E-state index < -0.39 is 0 Å². The van der Waals surface area contributed by atoms with Crippen LogP contribution in [0.1, 0.15) is 60.1 Å². The molecule has 0 spiro atoms. The van der Waals surface area contributed by atoms with Gasteiger partial charge in [-0.3, -0.25) is 0 Å². The molecule has 0 unspecified atom stereocenters. The Morgan fingerprint density at radius 1 is 0.311 bits per heavy atom. The van der Waals surface area contributed by atoms with Crippen LogP contribution in [-0.4, -0.2) is 87.3 Å². The van der Waals surface area contributed by atoms with E-state index in [0.717, 1.165) is 118 Å². The summed E-state index contributed by atoms with van der Waals surface area (Å²) in [5.74, 6) is 6.04. The first-order valence-electron chi connectivity index (χ1n) is 33.6. The predicted molar refractivity (Wildman–Crippen MR) is 415 cm³/mol. The monoisotopic (exact) mass is 1360 g/mol. The van der Waals surface area contributed by atoms with Crippen LogP contribution in [0.5, 0.6) is 46.0 Å². The van der Waals surface area contributed by atoms with E-state index in [2.05, 4.69) is 198 Å². The van der Waals surface area contributed by atoms with Crippen LogP contribution in [0, 0.1) is 0 Å². The number of nitrogens with zero attached hydrogens (tertiary/aromatic N) is 14. The summed E-state index contributed by atoms with van der Waals surface area (Å²) in [6.45, 7) is 13.3. The van der Waals surface area contributed by atoms with Gasteiger partial charge in [-0.2, -0.15) is 0 Å². The number of ether oxygens (including phenoxy) is 5. The van der Waals surface area contributed by atoms with Crippen molar-refractivity contribution < 1.29 is 23.7 Å². The summed E-state index contributed by atoms with van der Waals surface area (Å²) in [6.07, 6.45) is 10.6. The lowest BCUT2D eigenvalue weighted by molar-refractivity contribution is 0.403. The molecule has 512 valence electrons. The van der Waals surface area contributed by atoms with Gasteiger partial charge in [0.05, 0.1) is 65.4 Å². The molecule has 0 amide bonds. The third kappa shape index (κ3) is 11.9. The molecule has 19 heteroatoms. The van der Waals surface area contributed by atoms with E-state index in [9.17, 15) is 0 Å². The van der Waals surface area contributed by atoms with Crippen LogP contribution in [0.25, 0.3) is 66.2 Å². The second-order valence-electron chi connectivity index (χ2n) is 27.6. The molecule has 3 aliphatic rings. The van der Waals surface area contributed by atoms with Crippen molar-refractivity contribution in [1.29, 1.82) is 0 Å². The molecule has 0 radical (unpaired) electrons. The number of hydrogen-bond acceptors (Lipinski definition) is 19. The maximum absolute atomic E-state index is 6.64. The molecule has 0 saturated carbocycles. The third-order valence-electron chi connectivity index (χ3n) is 18.6. The van der Waals surface area contributed by atoms with Gasteiger partial charge in [0.25, 0.3) is 0 Å². The Balaban J connectivity index is 0.000000124. The van der Waals surface area contributed by atoms with Gasteiger partial charge in [0.15, 0.2) is 68.4 Å². The van der Waals surface area contributed by atoms with E-state index in [-0.39, 0.29) is 18.3 Å². The van der Waals surface area contributed by atoms with Crippen molar-refractivity contribution in [2.75, 3.05) is 66.9 Å². The molecule has 0 bridgehead atoms. The highest BCUT2D eigenvalue weighted by atomic mass is 16.5. The summed E-state index contributed by atoms with van der Waals surface area (Å²) < 4.78 is 30.3. The normalized spacial score (nSPS) is 12.6. The number of hydrogen-bond donors (Lipinski definition) is 0. The fourth-order valence-electron chi connectivity index (χ4n) is 13.3. The standard InChI is InChI=1S/C31H30N4O.C27H24N6O.C25H18N4O3.CH4/c1-30(2,3)19-11-13-23-25(17-19)36-26-18-20(31(4,5)6)12-14-24(26)35(23)27-21-9-7-15-32-28(21)34-29-22(27)10-8-16-33-29;1-31(2)17-9-11-21-23(15-17)34-24-16-18(32(3)4)10-12-22(24)33(21)25-19-7-5-13-28-26(19)30-27-20(25)8-6-14-29-27;1-30-15-7-9-19-21(13-15)32-22-14-16(31-2)8-10-20(22)29(19)23-17-5-3-11-26-24(17)28-25-18(23)6-4-12-27-25;/h7-18H,1-6H3;5-16H,1-4H3;3-14H,1-2H3;1H4. The minimum atomic E-state index is 0. The van der Waals surface area contributed by atoms with Crippen LogP contribution >= 0.6 is 0 Å². The summed E-state index contributed by atoms with van der Waals surface area (Å²) >= 11 is 0. The summed E-state index contributed by atoms with van der Waals surface area (Å²) in [5, 5.41) is 5.68. The van der Waals surface area contributed by atoms with Gasteiger partial charge < -0.3 is 48.2 Å². The van der Waals surface area contributed by atoms with Gasteiger partial charge in [-0.25, -0.2) is 44.9 Å². The van der Waals surface area contributed by atoms with Gasteiger partial charge in [0.1, 0.15) is 11.5 Å². The van der Waals surface area contributed by atoms with Crippen molar-refractivity contribution in [3.63, 3.8) is 0 Å². The number of pyridine rings is 9. The number of aromatic nitrogens is 9. The molecule has 9 aromatic heterocycles. The van der Waals surface area contributed by atoms with Crippen molar-refractivity contribution in [1.82, 2.24) is 44.9 Å². The third-order valence-corrected chi connectivity index (χ3v) is 18.6. The van der Waals surface area contributed by atoms with Crippen molar-refractivity contribution in [2.45, 2.75) is 59.8 Å². The minimum absolute atomic E-state index is 0. The van der Waals surface area contributed by atoms with Crippen LogP contribution < -0.4 is 48.2 Å². The lowest BCUT2D eigenvalue weighted by Crippen LogP contribution is -2.20. The smallest absolute Gasteiger partial charge is 0.163 e. The molecule has 19 nitrogen and oxygen atoms in total. The first-order chi connectivity index (χ1) is 49.4. The Hall–Kier alpha value is -12.8. The van der Waals surface area contributed by atoms with E-state index in [1.807, 2.05) is 113 Å². The highest BCUT2D eigenvalue weighted by Gasteiger charge is 2.35. The van der Waals surface area contributed by atoms with Gasteiger partial charge in [-0.15, -0.1) is 0 Å². The Bertz CT molecular complexity index is 5500. The molecule has 0 N–H and O–H groups in total. The number of anilines is 11. The van der Waals surface area contributed by atoms with Crippen LogP contribution in [0.2, 0.25) is 0 Å². The SMILES string of the molecule is C.CC(C)(C)c1ccc2c(c1)Oc1cc(C(C)(C)C)ccc1N2c1c2cccnc2nc2ncccc12.CN(C)c1ccc2c(c1)Oc1cc(N(C)C)ccc1N2c1c2cccnc2nc2ncccc12.COc1ccc2c(c1)Oc1cc(OC)ccc1N2c1c2cccnc2nc2ncccc12.